The van der Waals surface area contributed by atoms with Crippen LogP contribution in [0.1, 0.15) is 46.5 Å². The molecule has 1 aliphatic carbocycles. The molecule has 0 aromatic heterocycles. The van der Waals surface area contributed by atoms with Gasteiger partial charge in [-0.25, -0.2) is 0 Å². The topological polar surface area (TPSA) is 47.3 Å². The summed E-state index contributed by atoms with van der Waals surface area (Å²) in [6.45, 7) is 7.32. The first-order valence-electron chi connectivity index (χ1n) is 6.36. The summed E-state index contributed by atoms with van der Waals surface area (Å²) in [4.78, 5) is 0. The van der Waals surface area contributed by atoms with E-state index in [2.05, 4.69) is 26.2 Å². The van der Waals surface area contributed by atoms with Crippen LogP contribution >= 0.6 is 0 Å². The maximum atomic E-state index is 5.86. The fourth-order valence-electron chi connectivity index (χ4n) is 2.45. The van der Waals surface area contributed by atoms with Gasteiger partial charge in [0.15, 0.2) is 0 Å². The molecule has 2 atom stereocenters. The summed E-state index contributed by atoms with van der Waals surface area (Å²) < 4.78 is 5.86. The zero-order valence-electron chi connectivity index (χ0n) is 10.3. The lowest BCUT2D eigenvalue weighted by Gasteiger charge is -2.32. The Bertz CT molecular complexity index is 167. The standard InChI is InChI=1S/C12H26N2O/c1-4-9(5-2)11(14-13)12(15-6-3)10-7-8-10/h9-12,14H,4-8,13H2,1-3H3. The first-order chi connectivity index (χ1) is 7.28. The largest absolute Gasteiger partial charge is 0.377 e. The number of rotatable bonds is 8. The van der Waals surface area contributed by atoms with Gasteiger partial charge in [-0.2, -0.15) is 0 Å². The number of hydrogen-bond acceptors (Lipinski definition) is 3. The summed E-state index contributed by atoms with van der Waals surface area (Å²) in [6, 6.07) is 0.326. The summed E-state index contributed by atoms with van der Waals surface area (Å²) in [6.07, 6.45) is 5.28. The minimum atomic E-state index is 0.324. The molecule has 0 saturated heterocycles. The Hall–Kier alpha value is -0.120. The van der Waals surface area contributed by atoms with E-state index < -0.39 is 0 Å². The fourth-order valence-corrected chi connectivity index (χ4v) is 2.45. The van der Waals surface area contributed by atoms with Crippen molar-refractivity contribution in [2.45, 2.75) is 58.6 Å². The van der Waals surface area contributed by atoms with E-state index in [1.807, 2.05) is 0 Å². The Balaban J connectivity index is 2.58. The number of nitrogens with one attached hydrogen (secondary N) is 1. The molecule has 90 valence electrons. The van der Waals surface area contributed by atoms with Gasteiger partial charge in [0.05, 0.1) is 12.1 Å². The fraction of sp³-hybridized carbons (Fsp3) is 1.00. The molecular weight excluding hydrogens is 188 g/mol. The molecule has 3 N–H and O–H groups in total. The molecule has 2 unspecified atom stereocenters. The van der Waals surface area contributed by atoms with E-state index in [0.717, 1.165) is 12.5 Å². The molecule has 1 aliphatic rings. The minimum Gasteiger partial charge on any atom is -0.377 e. The summed E-state index contributed by atoms with van der Waals surface area (Å²) >= 11 is 0. The number of nitrogens with two attached hydrogens (primary N) is 1. The highest BCUT2D eigenvalue weighted by molar-refractivity contribution is 4.92. The average molecular weight is 214 g/mol. The van der Waals surface area contributed by atoms with Gasteiger partial charge in [0, 0.05) is 6.61 Å². The first-order valence-corrected chi connectivity index (χ1v) is 6.36. The van der Waals surface area contributed by atoms with Gasteiger partial charge < -0.3 is 4.74 Å². The minimum absolute atomic E-state index is 0.324. The highest BCUT2D eigenvalue weighted by atomic mass is 16.5. The van der Waals surface area contributed by atoms with Crippen molar-refractivity contribution in [2.75, 3.05) is 6.61 Å². The third-order valence-corrected chi connectivity index (χ3v) is 3.55. The Kier molecular flexibility index (Phi) is 5.58. The summed E-state index contributed by atoms with van der Waals surface area (Å²) in [7, 11) is 0. The molecule has 3 nitrogen and oxygen atoms in total. The van der Waals surface area contributed by atoms with Crippen LogP contribution in [0.3, 0.4) is 0 Å². The van der Waals surface area contributed by atoms with Gasteiger partial charge in [0.25, 0.3) is 0 Å². The third-order valence-electron chi connectivity index (χ3n) is 3.55. The molecule has 1 fully saturated rings. The van der Waals surface area contributed by atoms with Crippen molar-refractivity contribution in [1.82, 2.24) is 5.43 Å². The third kappa shape index (κ3) is 3.44. The maximum absolute atomic E-state index is 5.86. The maximum Gasteiger partial charge on any atom is 0.0772 e. The molecule has 0 heterocycles. The Morgan fingerprint density at radius 2 is 1.87 bits per heavy atom. The Labute approximate surface area is 93.7 Å². The van der Waals surface area contributed by atoms with Crippen molar-refractivity contribution >= 4 is 0 Å². The quantitative estimate of drug-likeness (QED) is 0.480. The zero-order valence-corrected chi connectivity index (χ0v) is 10.3. The van der Waals surface area contributed by atoms with E-state index in [9.17, 15) is 0 Å². The van der Waals surface area contributed by atoms with Crippen molar-refractivity contribution < 1.29 is 4.74 Å². The Morgan fingerprint density at radius 3 is 2.20 bits per heavy atom. The highest BCUT2D eigenvalue weighted by Gasteiger charge is 2.39. The number of ether oxygens (including phenoxy) is 1. The van der Waals surface area contributed by atoms with Crippen LogP contribution in [0.4, 0.5) is 0 Å². The second-order valence-electron chi connectivity index (χ2n) is 4.53. The van der Waals surface area contributed by atoms with Gasteiger partial charge in [0.1, 0.15) is 0 Å². The molecule has 0 radical (unpaired) electrons. The van der Waals surface area contributed by atoms with Gasteiger partial charge in [-0.3, -0.25) is 11.3 Å². The molecule has 1 rings (SSSR count). The highest BCUT2D eigenvalue weighted by Crippen LogP contribution is 2.38. The lowest BCUT2D eigenvalue weighted by atomic mass is 9.88. The van der Waals surface area contributed by atoms with E-state index >= 15 is 0 Å². The smallest absolute Gasteiger partial charge is 0.0772 e. The number of hydrogen-bond donors (Lipinski definition) is 2. The monoisotopic (exact) mass is 214 g/mol. The average Bonchev–Trinajstić information content (AvgIpc) is 3.07. The van der Waals surface area contributed by atoms with E-state index in [4.69, 9.17) is 10.6 Å². The van der Waals surface area contributed by atoms with E-state index in [-0.39, 0.29) is 0 Å². The van der Waals surface area contributed by atoms with Crippen molar-refractivity contribution in [2.24, 2.45) is 17.7 Å². The molecule has 0 spiro atoms. The second-order valence-corrected chi connectivity index (χ2v) is 4.53. The van der Waals surface area contributed by atoms with Crippen LogP contribution in [-0.4, -0.2) is 18.8 Å². The lowest BCUT2D eigenvalue weighted by molar-refractivity contribution is 0.00154. The molecule has 1 saturated carbocycles. The van der Waals surface area contributed by atoms with E-state index in [1.54, 1.807) is 0 Å². The first kappa shape index (κ1) is 12.9. The SMILES string of the molecule is CCOC(C1CC1)C(NN)C(CC)CC. The predicted molar refractivity (Wildman–Crippen MR) is 63.3 cm³/mol. The van der Waals surface area contributed by atoms with Gasteiger partial charge >= 0.3 is 0 Å². The molecule has 0 aromatic rings. The van der Waals surface area contributed by atoms with Crippen LogP contribution in [0.5, 0.6) is 0 Å². The lowest BCUT2D eigenvalue weighted by Crippen LogP contribution is -2.50. The van der Waals surface area contributed by atoms with Gasteiger partial charge in [-0.15, -0.1) is 0 Å². The van der Waals surface area contributed by atoms with Crippen LogP contribution in [0.2, 0.25) is 0 Å². The van der Waals surface area contributed by atoms with Crippen molar-refractivity contribution in [3.05, 3.63) is 0 Å². The summed E-state index contributed by atoms with van der Waals surface area (Å²) in [5.74, 6) is 7.07. The van der Waals surface area contributed by atoms with E-state index in [1.165, 1.54) is 25.7 Å². The van der Waals surface area contributed by atoms with Crippen LogP contribution < -0.4 is 11.3 Å². The normalized spacial score (nSPS) is 20.6. The van der Waals surface area contributed by atoms with Crippen LogP contribution in [0.25, 0.3) is 0 Å². The van der Waals surface area contributed by atoms with Crippen molar-refractivity contribution in [1.29, 1.82) is 0 Å². The van der Waals surface area contributed by atoms with Gasteiger partial charge in [-0.05, 0) is 31.6 Å². The second kappa shape index (κ2) is 6.46. The molecule has 0 bridgehead atoms. The molecule has 0 aromatic carbocycles. The zero-order chi connectivity index (χ0) is 11.3. The van der Waals surface area contributed by atoms with Crippen molar-refractivity contribution in [3.8, 4) is 0 Å². The molecular formula is C12H26N2O. The predicted octanol–water partition coefficient (Wildman–Crippen LogP) is 2.07. The molecule has 15 heavy (non-hydrogen) atoms. The van der Waals surface area contributed by atoms with Crippen molar-refractivity contribution in [3.63, 3.8) is 0 Å². The van der Waals surface area contributed by atoms with Gasteiger partial charge in [0.2, 0.25) is 0 Å². The van der Waals surface area contributed by atoms with E-state index in [0.29, 0.717) is 18.1 Å². The molecule has 3 heteroatoms. The molecule has 0 amide bonds. The Morgan fingerprint density at radius 1 is 1.27 bits per heavy atom. The molecule has 0 aliphatic heterocycles. The van der Waals surface area contributed by atoms with Gasteiger partial charge in [-0.1, -0.05) is 26.7 Å². The number of hydrazine groups is 1. The van der Waals surface area contributed by atoms with Crippen LogP contribution in [-0.2, 0) is 4.74 Å². The van der Waals surface area contributed by atoms with Crippen LogP contribution in [0, 0.1) is 11.8 Å². The van der Waals surface area contributed by atoms with Crippen LogP contribution in [0.15, 0.2) is 0 Å². The summed E-state index contributed by atoms with van der Waals surface area (Å²) in [5.41, 5.74) is 2.99. The summed E-state index contributed by atoms with van der Waals surface area (Å²) in [5, 5.41) is 0.